The van der Waals surface area contributed by atoms with Crippen molar-refractivity contribution in [1.29, 1.82) is 0 Å². The normalized spacial score (nSPS) is 34.9. The van der Waals surface area contributed by atoms with Gasteiger partial charge in [-0.1, -0.05) is 20.8 Å². The number of methoxy groups -OCH3 is 1. The Morgan fingerprint density at radius 2 is 2.00 bits per heavy atom. The summed E-state index contributed by atoms with van der Waals surface area (Å²) >= 11 is 0. The fraction of sp³-hybridized carbons (Fsp3) is 0.917. The van der Waals surface area contributed by atoms with Gasteiger partial charge in [0.05, 0.1) is 7.11 Å². The molecule has 2 atom stereocenters. The zero-order valence-electron chi connectivity index (χ0n) is 10.5. The van der Waals surface area contributed by atoms with E-state index >= 15 is 0 Å². The third-order valence-electron chi connectivity index (χ3n) is 3.43. The minimum absolute atomic E-state index is 0.121. The summed E-state index contributed by atoms with van der Waals surface area (Å²) in [6.07, 6.45) is 2.90. The van der Waals surface area contributed by atoms with E-state index < -0.39 is 5.54 Å². The molecular formula is C12H23NO2. The SMILES string of the molecule is CNC1(C(=O)OC)CC(C)CC(C)(C)C1. The average molecular weight is 213 g/mol. The van der Waals surface area contributed by atoms with E-state index in [9.17, 15) is 4.79 Å². The molecule has 0 heterocycles. The van der Waals surface area contributed by atoms with E-state index in [0.29, 0.717) is 5.92 Å². The minimum atomic E-state index is -0.476. The van der Waals surface area contributed by atoms with Crippen molar-refractivity contribution in [2.75, 3.05) is 14.2 Å². The summed E-state index contributed by atoms with van der Waals surface area (Å²) < 4.78 is 4.92. The van der Waals surface area contributed by atoms with E-state index in [1.165, 1.54) is 13.5 Å². The highest BCUT2D eigenvalue weighted by Crippen LogP contribution is 2.44. The Hall–Kier alpha value is -0.570. The molecule has 0 radical (unpaired) electrons. The number of nitrogens with one attached hydrogen (secondary N) is 1. The van der Waals surface area contributed by atoms with Gasteiger partial charge in [0.15, 0.2) is 0 Å². The Morgan fingerprint density at radius 1 is 1.40 bits per heavy atom. The lowest BCUT2D eigenvalue weighted by atomic mass is 9.64. The lowest BCUT2D eigenvalue weighted by Gasteiger charge is -2.45. The van der Waals surface area contributed by atoms with Crippen LogP contribution in [0, 0.1) is 11.3 Å². The Morgan fingerprint density at radius 3 is 2.40 bits per heavy atom. The van der Waals surface area contributed by atoms with Crippen LogP contribution < -0.4 is 5.32 Å². The van der Waals surface area contributed by atoms with E-state index in [4.69, 9.17) is 4.74 Å². The standard InChI is InChI=1S/C12H23NO2/c1-9-6-11(2,3)8-12(7-9,13-4)10(14)15-5/h9,13H,6-8H2,1-5H3. The van der Waals surface area contributed by atoms with Crippen LogP contribution in [0.3, 0.4) is 0 Å². The fourth-order valence-corrected chi connectivity index (χ4v) is 3.22. The number of ether oxygens (including phenoxy) is 1. The van der Waals surface area contributed by atoms with E-state index in [1.807, 2.05) is 7.05 Å². The molecule has 0 bridgehead atoms. The van der Waals surface area contributed by atoms with Gasteiger partial charge in [-0.25, -0.2) is 0 Å². The van der Waals surface area contributed by atoms with Gasteiger partial charge >= 0.3 is 5.97 Å². The maximum atomic E-state index is 11.9. The summed E-state index contributed by atoms with van der Waals surface area (Å²) in [5.41, 5.74) is -0.273. The number of hydrogen-bond acceptors (Lipinski definition) is 3. The molecule has 0 spiro atoms. The zero-order valence-corrected chi connectivity index (χ0v) is 10.5. The molecule has 0 aliphatic heterocycles. The van der Waals surface area contributed by atoms with Gasteiger partial charge < -0.3 is 10.1 Å². The topological polar surface area (TPSA) is 38.3 Å². The number of carbonyl (C=O) groups is 1. The lowest BCUT2D eigenvalue weighted by Crippen LogP contribution is -2.57. The second kappa shape index (κ2) is 4.12. The monoisotopic (exact) mass is 213 g/mol. The first kappa shape index (κ1) is 12.5. The largest absolute Gasteiger partial charge is 0.468 e. The maximum Gasteiger partial charge on any atom is 0.326 e. The van der Waals surface area contributed by atoms with Crippen molar-refractivity contribution in [3.8, 4) is 0 Å². The number of rotatable bonds is 2. The molecule has 0 aromatic rings. The smallest absolute Gasteiger partial charge is 0.326 e. The molecule has 1 aliphatic carbocycles. The van der Waals surface area contributed by atoms with Crippen LogP contribution in [-0.4, -0.2) is 25.7 Å². The van der Waals surface area contributed by atoms with Crippen LogP contribution in [0.4, 0.5) is 0 Å². The van der Waals surface area contributed by atoms with Gasteiger partial charge in [0, 0.05) is 0 Å². The Balaban J connectivity index is 2.93. The Bertz CT molecular complexity index is 250. The summed E-state index contributed by atoms with van der Waals surface area (Å²) in [6, 6.07) is 0. The molecule has 0 aromatic carbocycles. The van der Waals surface area contributed by atoms with Crippen LogP contribution in [-0.2, 0) is 9.53 Å². The van der Waals surface area contributed by atoms with Crippen molar-refractivity contribution in [1.82, 2.24) is 5.32 Å². The van der Waals surface area contributed by atoms with E-state index in [0.717, 1.165) is 12.8 Å². The van der Waals surface area contributed by atoms with Crippen LogP contribution in [0.5, 0.6) is 0 Å². The molecule has 2 unspecified atom stereocenters. The van der Waals surface area contributed by atoms with Gasteiger partial charge in [-0.2, -0.15) is 0 Å². The maximum absolute atomic E-state index is 11.9. The lowest BCUT2D eigenvalue weighted by molar-refractivity contribution is -0.152. The highest BCUT2D eigenvalue weighted by atomic mass is 16.5. The second-order valence-electron chi connectivity index (χ2n) is 5.68. The molecule has 3 heteroatoms. The molecule has 15 heavy (non-hydrogen) atoms. The summed E-state index contributed by atoms with van der Waals surface area (Å²) in [7, 11) is 3.32. The molecule has 0 aromatic heterocycles. The third-order valence-corrected chi connectivity index (χ3v) is 3.43. The minimum Gasteiger partial charge on any atom is -0.468 e. The van der Waals surface area contributed by atoms with E-state index in [1.54, 1.807) is 0 Å². The third kappa shape index (κ3) is 2.51. The quantitative estimate of drug-likeness (QED) is 0.713. The number of likely N-dealkylation sites (N-methyl/N-ethyl adjacent to an activating group) is 1. The van der Waals surface area contributed by atoms with Gasteiger partial charge in [-0.15, -0.1) is 0 Å². The number of carbonyl (C=O) groups excluding carboxylic acids is 1. The van der Waals surface area contributed by atoms with Gasteiger partial charge in [0.1, 0.15) is 5.54 Å². The van der Waals surface area contributed by atoms with Crippen LogP contribution in [0.1, 0.15) is 40.0 Å². The molecule has 1 rings (SSSR count). The van der Waals surface area contributed by atoms with Crippen LogP contribution in [0.2, 0.25) is 0 Å². The van der Waals surface area contributed by atoms with Crippen molar-refractivity contribution in [3.63, 3.8) is 0 Å². The fourth-order valence-electron chi connectivity index (χ4n) is 3.22. The van der Waals surface area contributed by atoms with Crippen LogP contribution in [0.25, 0.3) is 0 Å². The molecular weight excluding hydrogens is 190 g/mol. The van der Waals surface area contributed by atoms with Crippen molar-refractivity contribution in [2.45, 2.75) is 45.6 Å². The molecule has 1 saturated carbocycles. The van der Waals surface area contributed by atoms with Gasteiger partial charge in [-0.3, -0.25) is 4.79 Å². The Kier molecular flexibility index (Phi) is 3.44. The molecule has 1 aliphatic rings. The van der Waals surface area contributed by atoms with Crippen LogP contribution in [0.15, 0.2) is 0 Å². The Labute approximate surface area is 92.6 Å². The van der Waals surface area contributed by atoms with Crippen molar-refractivity contribution in [3.05, 3.63) is 0 Å². The number of hydrogen-bond donors (Lipinski definition) is 1. The number of esters is 1. The van der Waals surface area contributed by atoms with Gasteiger partial charge in [0.2, 0.25) is 0 Å². The molecule has 1 fully saturated rings. The average Bonchev–Trinajstić information content (AvgIpc) is 2.13. The molecule has 88 valence electrons. The zero-order chi connectivity index (χ0) is 11.7. The van der Waals surface area contributed by atoms with E-state index in [-0.39, 0.29) is 11.4 Å². The van der Waals surface area contributed by atoms with Crippen LogP contribution >= 0.6 is 0 Å². The summed E-state index contributed by atoms with van der Waals surface area (Å²) in [5.74, 6) is 0.435. The van der Waals surface area contributed by atoms with Crippen molar-refractivity contribution < 1.29 is 9.53 Å². The van der Waals surface area contributed by atoms with Gasteiger partial charge in [0.25, 0.3) is 0 Å². The first-order valence-corrected chi connectivity index (χ1v) is 5.62. The van der Waals surface area contributed by atoms with Gasteiger partial charge in [-0.05, 0) is 37.6 Å². The highest BCUT2D eigenvalue weighted by molar-refractivity contribution is 5.81. The van der Waals surface area contributed by atoms with Crippen molar-refractivity contribution >= 4 is 5.97 Å². The summed E-state index contributed by atoms with van der Waals surface area (Å²) in [6.45, 7) is 6.64. The second-order valence-corrected chi connectivity index (χ2v) is 5.68. The summed E-state index contributed by atoms with van der Waals surface area (Å²) in [5, 5.41) is 3.18. The highest BCUT2D eigenvalue weighted by Gasteiger charge is 2.47. The summed E-state index contributed by atoms with van der Waals surface area (Å²) in [4.78, 5) is 11.9. The molecule has 0 saturated heterocycles. The first-order chi connectivity index (χ1) is 6.85. The first-order valence-electron chi connectivity index (χ1n) is 5.62. The van der Waals surface area contributed by atoms with Crippen molar-refractivity contribution in [2.24, 2.45) is 11.3 Å². The molecule has 1 N–H and O–H groups in total. The molecule has 0 amide bonds. The van der Waals surface area contributed by atoms with E-state index in [2.05, 4.69) is 26.1 Å². The predicted octanol–water partition coefficient (Wildman–Crippen LogP) is 1.96. The molecule has 3 nitrogen and oxygen atoms in total. The predicted molar refractivity (Wildman–Crippen MR) is 60.6 cm³/mol.